The number of nitrogens with two attached hydrogens (primary N) is 1. The van der Waals surface area contributed by atoms with Crippen molar-refractivity contribution in [2.75, 3.05) is 24.7 Å². The van der Waals surface area contributed by atoms with Gasteiger partial charge in [0.25, 0.3) is 0 Å². The van der Waals surface area contributed by atoms with Crippen LogP contribution in [0.3, 0.4) is 0 Å². The maximum Gasteiger partial charge on any atom is 0.119 e. The van der Waals surface area contributed by atoms with Gasteiger partial charge in [0.05, 0.1) is 12.7 Å². The molecular weight excluding hydrogens is 258 g/mol. The maximum absolute atomic E-state index is 9.92. The monoisotopic (exact) mass is 281 g/mol. The average Bonchev–Trinajstić information content (AvgIpc) is 2.47. The van der Waals surface area contributed by atoms with Gasteiger partial charge in [-0.25, -0.2) is 0 Å². The molecule has 2 rings (SSSR count). The SMILES string of the molecule is NCC[C@@H](O)c1cccc(OCC2CCCSC2)c1. The minimum atomic E-state index is -0.487. The zero-order valence-electron chi connectivity index (χ0n) is 11.3. The molecule has 1 aromatic rings. The molecule has 0 aliphatic carbocycles. The summed E-state index contributed by atoms with van der Waals surface area (Å²) in [5, 5.41) is 9.92. The largest absolute Gasteiger partial charge is 0.493 e. The maximum atomic E-state index is 9.92. The number of aliphatic hydroxyl groups excluding tert-OH is 1. The molecule has 1 heterocycles. The minimum Gasteiger partial charge on any atom is -0.493 e. The highest BCUT2D eigenvalue weighted by molar-refractivity contribution is 7.99. The smallest absolute Gasteiger partial charge is 0.119 e. The van der Waals surface area contributed by atoms with Gasteiger partial charge < -0.3 is 15.6 Å². The lowest BCUT2D eigenvalue weighted by molar-refractivity contribution is 0.169. The van der Waals surface area contributed by atoms with Crippen LogP contribution in [-0.2, 0) is 0 Å². The van der Waals surface area contributed by atoms with Crippen LogP contribution in [0.15, 0.2) is 24.3 Å². The quantitative estimate of drug-likeness (QED) is 0.841. The van der Waals surface area contributed by atoms with E-state index in [-0.39, 0.29) is 0 Å². The van der Waals surface area contributed by atoms with Crippen LogP contribution in [0.4, 0.5) is 0 Å². The first-order valence-electron chi connectivity index (χ1n) is 6.98. The van der Waals surface area contributed by atoms with Crippen LogP contribution in [-0.4, -0.2) is 29.8 Å². The summed E-state index contributed by atoms with van der Waals surface area (Å²) in [6.07, 6.45) is 2.66. The second kappa shape index (κ2) is 7.78. The van der Waals surface area contributed by atoms with Crippen molar-refractivity contribution in [3.8, 4) is 5.75 Å². The molecule has 1 fully saturated rings. The Labute approximate surface area is 119 Å². The molecule has 1 aromatic carbocycles. The van der Waals surface area contributed by atoms with Crippen LogP contribution in [0.25, 0.3) is 0 Å². The molecule has 0 amide bonds. The van der Waals surface area contributed by atoms with Crippen molar-refractivity contribution in [3.05, 3.63) is 29.8 Å². The van der Waals surface area contributed by atoms with Crippen molar-refractivity contribution in [1.29, 1.82) is 0 Å². The summed E-state index contributed by atoms with van der Waals surface area (Å²) in [5.41, 5.74) is 6.36. The van der Waals surface area contributed by atoms with E-state index in [0.29, 0.717) is 18.9 Å². The van der Waals surface area contributed by atoms with Crippen LogP contribution in [0.1, 0.15) is 30.9 Å². The molecule has 1 unspecified atom stereocenters. The van der Waals surface area contributed by atoms with E-state index in [4.69, 9.17) is 10.5 Å². The summed E-state index contributed by atoms with van der Waals surface area (Å²) in [7, 11) is 0. The van der Waals surface area contributed by atoms with Crippen molar-refractivity contribution in [1.82, 2.24) is 0 Å². The van der Waals surface area contributed by atoms with E-state index in [0.717, 1.165) is 17.9 Å². The lowest BCUT2D eigenvalue weighted by Crippen LogP contribution is -2.18. The first-order chi connectivity index (χ1) is 9.29. The van der Waals surface area contributed by atoms with E-state index >= 15 is 0 Å². The van der Waals surface area contributed by atoms with E-state index < -0.39 is 6.10 Å². The van der Waals surface area contributed by atoms with E-state index in [1.54, 1.807) is 0 Å². The van der Waals surface area contributed by atoms with E-state index in [2.05, 4.69) is 0 Å². The van der Waals surface area contributed by atoms with Crippen molar-refractivity contribution < 1.29 is 9.84 Å². The highest BCUT2D eigenvalue weighted by Gasteiger charge is 2.14. The highest BCUT2D eigenvalue weighted by atomic mass is 32.2. The van der Waals surface area contributed by atoms with Gasteiger partial charge in [-0.2, -0.15) is 11.8 Å². The summed E-state index contributed by atoms with van der Waals surface area (Å²) in [6, 6.07) is 7.73. The summed E-state index contributed by atoms with van der Waals surface area (Å²) in [6.45, 7) is 1.27. The summed E-state index contributed by atoms with van der Waals surface area (Å²) < 4.78 is 5.86. The predicted octanol–water partition coefficient (Wildman–Crippen LogP) is 2.59. The van der Waals surface area contributed by atoms with Crippen LogP contribution in [0.5, 0.6) is 5.75 Å². The van der Waals surface area contributed by atoms with E-state index in [9.17, 15) is 5.11 Å². The third-order valence-electron chi connectivity index (χ3n) is 3.42. The lowest BCUT2D eigenvalue weighted by atomic mass is 10.1. The fourth-order valence-electron chi connectivity index (χ4n) is 2.29. The zero-order chi connectivity index (χ0) is 13.5. The number of rotatable bonds is 6. The summed E-state index contributed by atoms with van der Waals surface area (Å²) in [4.78, 5) is 0. The van der Waals surface area contributed by atoms with Gasteiger partial charge in [-0.1, -0.05) is 12.1 Å². The molecule has 0 saturated carbocycles. The van der Waals surface area contributed by atoms with Gasteiger partial charge in [0.1, 0.15) is 5.75 Å². The van der Waals surface area contributed by atoms with Gasteiger partial charge in [-0.3, -0.25) is 0 Å². The Hall–Kier alpha value is -0.710. The fourth-order valence-corrected chi connectivity index (χ4v) is 3.42. The van der Waals surface area contributed by atoms with Gasteiger partial charge in [0.2, 0.25) is 0 Å². The number of hydrogen-bond donors (Lipinski definition) is 2. The van der Waals surface area contributed by atoms with E-state index in [1.165, 1.54) is 24.3 Å². The number of thioether (sulfide) groups is 1. The Morgan fingerprint density at radius 1 is 1.47 bits per heavy atom. The average molecular weight is 281 g/mol. The third-order valence-corrected chi connectivity index (χ3v) is 4.71. The van der Waals surface area contributed by atoms with Gasteiger partial charge in [-0.05, 0) is 55.0 Å². The second-order valence-electron chi connectivity index (χ2n) is 5.06. The molecule has 3 nitrogen and oxygen atoms in total. The van der Waals surface area contributed by atoms with Crippen LogP contribution < -0.4 is 10.5 Å². The molecule has 0 spiro atoms. The Balaban J connectivity index is 1.87. The molecule has 2 atom stereocenters. The summed E-state index contributed by atoms with van der Waals surface area (Å²) >= 11 is 2.02. The van der Waals surface area contributed by atoms with Crippen LogP contribution in [0, 0.1) is 5.92 Å². The van der Waals surface area contributed by atoms with Crippen LogP contribution in [0.2, 0.25) is 0 Å². The van der Waals surface area contributed by atoms with Crippen molar-refractivity contribution in [2.45, 2.75) is 25.4 Å². The minimum absolute atomic E-state index is 0.487. The molecular formula is C15H23NO2S. The molecule has 1 aliphatic rings. The van der Waals surface area contributed by atoms with Gasteiger partial charge in [0, 0.05) is 5.92 Å². The molecule has 0 radical (unpaired) electrons. The molecule has 3 N–H and O–H groups in total. The normalized spacial score (nSPS) is 21.1. The fraction of sp³-hybridized carbons (Fsp3) is 0.600. The van der Waals surface area contributed by atoms with Gasteiger partial charge >= 0.3 is 0 Å². The highest BCUT2D eigenvalue weighted by Crippen LogP contribution is 2.25. The summed E-state index contributed by atoms with van der Waals surface area (Å²) in [5.74, 6) is 4.01. The second-order valence-corrected chi connectivity index (χ2v) is 6.21. The standard InChI is InChI=1S/C15H23NO2S/c16-7-6-15(17)13-4-1-5-14(9-13)18-10-12-3-2-8-19-11-12/h1,4-5,9,12,15,17H,2-3,6-8,10-11,16H2/t12?,15-/m1/s1. The number of benzene rings is 1. The molecule has 1 aliphatic heterocycles. The van der Waals surface area contributed by atoms with Crippen LogP contribution >= 0.6 is 11.8 Å². The van der Waals surface area contributed by atoms with Gasteiger partial charge in [0.15, 0.2) is 0 Å². The Morgan fingerprint density at radius 3 is 3.11 bits per heavy atom. The molecule has 0 aromatic heterocycles. The Bertz CT molecular complexity index is 380. The predicted molar refractivity (Wildman–Crippen MR) is 80.6 cm³/mol. The van der Waals surface area contributed by atoms with Crippen molar-refractivity contribution in [2.24, 2.45) is 11.7 Å². The number of hydrogen-bond acceptors (Lipinski definition) is 4. The molecule has 19 heavy (non-hydrogen) atoms. The van der Waals surface area contributed by atoms with Crippen molar-refractivity contribution >= 4 is 11.8 Å². The first kappa shape index (κ1) is 14.7. The zero-order valence-corrected chi connectivity index (χ0v) is 12.1. The first-order valence-corrected chi connectivity index (χ1v) is 8.13. The Morgan fingerprint density at radius 2 is 2.37 bits per heavy atom. The van der Waals surface area contributed by atoms with Crippen molar-refractivity contribution in [3.63, 3.8) is 0 Å². The lowest BCUT2D eigenvalue weighted by Gasteiger charge is -2.21. The topological polar surface area (TPSA) is 55.5 Å². The van der Waals surface area contributed by atoms with E-state index in [1.807, 2.05) is 36.0 Å². The molecule has 1 saturated heterocycles. The molecule has 0 bridgehead atoms. The van der Waals surface area contributed by atoms with Gasteiger partial charge in [-0.15, -0.1) is 0 Å². The Kier molecular flexibility index (Phi) is 6.01. The number of aliphatic hydroxyl groups is 1. The number of ether oxygens (including phenoxy) is 1. The molecule has 106 valence electrons. The molecule has 4 heteroatoms. The third kappa shape index (κ3) is 4.71.